The zero-order valence-corrected chi connectivity index (χ0v) is 20.2. The largest absolute Gasteiger partial charge is 0.543 e. The predicted molar refractivity (Wildman–Crippen MR) is 124 cm³/mol. The third-order valence-electron chi connectivity index (χ3n) is 2.96. The molecule has 0 unspecified atom stereocenters. The quantitative estimate of drug-likeness (QED) is 0.107. The molecular weight excluding hydrogens is 453 g/mol. The molecular formula is C14H32N2O4S6. The van der Waals surface area contributed by atoms with Crippen molar-refractivity contribution in [2.45, 2.75) is 0 Å². The van der Waals surface area contributed by atoms with E-state index in [4.69, 9.17) is 19.8 Å². The Morgan fingerprint density at radius 3 is 0.731 bits per heavy atom. The second kappa shape index (κ2) is 26.0. The van der Waals surface area contributed by atoms with Crippen LogP contribution in [0.25, 0.3) is 0 Å². The van der Waals surface area contributed by atoms with Gasteiger partial charge in [-0.05, 0) is 0 Å². The van der Waals surface area contributed by atoms with Crippen LogP contribution in [0.3, 0.4) is 0 Å². The molecule has 6 nitrogen and oxygen atoms in total. The van der Waals surface area contributed by atoms with Gasteiger partial charge in [0.1, 0.15) is 0 Å². The summed E-state index contributed by atoms with van der Waals surface area (Å²) in [6.45, 7) is 6.78. The van der Waals surface area contributed by atoms with Crippen molar-refractivity contribution in [3.8, 4) is 0 Å². The van der Waals surface area contributed by atoms with Gasteiger partial charge in [0.25, 0.3) is 0 Å². The van der Waals surface area contributed by atoms with Gasteiger partial charge in [0.05, 0.1) is 51.2 Å². The molecule has 0 saturated heterocycles. The van der Waals surface area contributed by atoms with Gasteiger partial charge in [0.2, 0.25) is 0 Å². The number of thiol groups is 6. The van der Waals surface area contributed by atoms with Crippen LogP contribution in [0.4, 0.5) is 0 Å². The Balaban J connectivity index is -0.000000316. The van der Waals surface area contributed by atoms with Crippen molar-refractivity contribution >= 4 is 87.7 Å². The molecule has 0 spiro atoms. The van der Waals surface area contributed by atoms with E-state index in [1.165, 1.54) is 0 Å². The lowest BCUT2D eigenvalue weighted by molar-refractivity contribution is -0.892. The van der Waals surface area contributed by atoms with Crippen LogP contribution in [0, 0.1) is 0 Å². The molecule has 0 saturated carbocycles. The molecule has 0 rings (SSSR count). The highest BCUT2D eigenvalue weighted by Crippen LogP contribution is 1.71. The summed E-state index contributed by atoms with van der Waals surface area (Å²) in [6, 6.07) is 0. The number of carbonyl (C=O) groups excluding carboxylic acids is 2. The molecule has 0 bridgehead atoms. The molecule has 0 aliphatic carbocycles. The van der Waals surface area contributed by atoms with Crippen molar-refractivity contribution in [1.29, 1.82) is 0 Å². The van der Waals surface area contributed by atoms with Gasteiger partial charge < -0.3 is 29.6 Å². The molecule has 12 heteroatoms. The summed E-state index contributed by atoms with van der Waals surface area (Å²) in [7, 11) is 0. The van der Waals surface area contributed by atoms with E-state index in [1.807, 2.05) is 0 Å². The van der Waals surface area contributed by atoms with Crippen LogP contribution in [-0.4, -0.2) is 85.7 Å². The van der Waals surface area contributed by atoms with Crippen LogP contribution in [-0.2, 0) is 9.59 Å². The zero-order valence-electron chi connectivity index (χ0n) is 14.8. The Morgan fingerprint density at radius 2 is 0.654 bits per heavy atom. The molecule has 26 heavy (non-hydrogen) atoms. The fraction of sp³-hybridized carbons (Fsp3) is 0.857. The standard InChI is InChI=1S/2C6H15NS3.C2H2O4/c2*8-4-1-7(2-5-9)3-6-10;3-1(4)2(5)6/h2*8-10H,1-6H2;(H,3,4)(H,5,6). The van der Waals surface area contributed by atoms with Gasteiger partial charge in [-0.25, -0.2) is 0 Å². The number of hydrogen-bond donors (Lipinski definition) is 8. The average molecular weight is 485 g/mol. The number of hydrogen-bond acceptors (Lipinski definition) is 10. The van der Waals surface area contributed by atoms with Crippen molar-refractivity contribution in [3.63, 3.8) is 0 Å². The second-order valence-electron chi connectivity index (χ2n) is 4.92. The second-order valence-corrected chi connectivity index (χ2v) is 7.60. The Morgan fingerprint density at radius 1 is 0.500 bits per heavy atom. The van der Waals surface area contributed by atoms with E-state index in [9.17, 15) is 0 Å². The van der Waals surface area contributed by atoms with Crippen molar-refractivity contribution in [2.75, 3.05) is 73.8 Å². The monoisotopic (exact) mass is 484 g/mol. The number of nitrogens with one attached hydrogen (secondary N) is 2. The molecule has 0 aromatic heterocycles. The first-order valence-corrected chi connectivity index (χ1v) is 11.9. The topological polar surface area (TPSA) is 89.1 Å². The Kier molecular flexibility index (Phi) is 31.6. The third kappa shape index (κ3) is 27.2. The molecule has 2 N–H and O–H groups in total. The first-order chi connectivity index (χ1) is 12.3. The summed E-state index contributed by atoms with van der Waals surface area (Å²) >= 11 is 25.0. The smallest absolute Gasteiger partial charge is 0.0870 e. The zero-order chi connectivity index (χ0) is 20.8. The summed E-state index contributed by atoms with van der Waals surface area (Å²) < 4.78 is 0. The minimum Gasteiger partial charge on any atom is -0.543 e. The first kappa shape index (κ1) is 31.6. The van der Waals surface area contributed by atoms with Gasteiger partial charge in [-0.1, -0.05) is 0 Å². The van der Waals surface area contributed by atoms with Crippen molar-refractivity contribution < 1.29 is 29.6 Å². The number of quaternary nitrogens is 2. The number of carboxylic acid groups (broad SMARTS) is 2. The maximum absolute atomic E-state index is 8.93. The number of rotatable bonds is 12. The lowest BCUT2D eigenvalue weighted by Gasteiger charge is -2.15. The van der Waals surface area contributed by atoms with Gasteiger partial charge in [-0.3, -0.25) is 0 Å². The van der Waals surface area contributed by atoms with Crippen molar-refractivity contribution in [3.05, 3.63) is 0 Å². The van der Waals surface area contributed by atoms with E-state index >= 15 is 0 Å². The van der Waals surface area contributed by atoms with E-state index in [0.717, 1.165) is 73.8 Å². The van der Waals surface area contributed by atoms with Gasteiger partial charge in [0, 0.05) is 34.5 Å². The molecule has 0 aliphatic rings. The van der Waals surface area contributed by atoms with E-state index in [1.54, 1.807) is 9.80 Å². The Hall–Kier alpha value is 0.960. The molecule has 0 heterocycles. The number of carboxylic acids is 2. The lowest BCUT2D eigenvalue weighted by atomic mass is 10.5. The normalized spacial score (nSPS) is 10.0. The molecule has 0 aliphatic heterocycles. The summed E-state index contributed by atoms with van der Waals surface area (Å²) in [4.78, 5) is 21.0. The fourth-order valence-electron chi connectivity index (χ4n) is 1.70. The van der Waals surface area contributed by atoms with Crippen LogP contribution >= 0.6 is 75.8 Å². The van der Waals surface area contributed by atoms with Gasteiger partial charge >= 0.3 is 0 Å². The van der Waals surface area contributed by atoms with Crippen molar-refractivity contribution in [2.24, 2.45) is 0 Å². The predicted octanol–water partition coefficient (Wildman–Crippen LogP) is -4.19. The molecule has 0 amide bonds. The maximum atomic E-state index is 8.93. The number of carbonyl (C=O) groups is 2. The minimum atomic E-state index is -2.19. The molecule has 158 valence electrons. The third-order valence-corrected chi connectivity index (χ3v) is 4.30. The van der Waals surface area contributed by atoms with Crippen LogP contribution in [0.2, 0.25) is 0 Å². The van der Waals surface area contributed by atoms with E-state index < -0.39 is 11.9 Å². The van der Waals surface area contributed by atoms with E-state index in [2.05, 4.69) is 75.8 Å². The fourth-order valence-corrected chi connectivity index (χ4v) is 3.60. The molecule has 0 atom stereocenters. The summed E-state index contributed by atoms with van der Waals surface area (Å²) in [6.07, 6.45) is 0. The highest BCUT2D eigenvalue weighted by Gasteiger charge is 2.03. The minimum absolute atomic E-state index is 0.955. The maximum Gasteiger partial charge on any atom is 0.0870 e. The summed E-state index contributed by atoms with van der Waals surface area (Å²) in [5, 5.41) is 17.9. The van der Waals surface area contributed by atoms with Crippen LogP contribution in [0.5, 0.6) is 0 Å². The van der Waals surface area contributed by atoms with Gasteiger partial charge in [-0.2, -0.15) is 75.8 Å². The molecule has 0 aromatic rings. The molecule has 0 fully saturated rings. The van der Waals surface area contributed by atoms with Crippen LogP contribution in [0.1, 0.15) is 0 Å². The highest BCUT2D eigenvalue weighted by atomic mass is 32.1. The summed E-state index contributed by atoms with van der Waals surface area (Å²) in [5.74, 6) is 1.36. The first-order valence-electron chi connectivity index (χ1n) is 8.09. The van der Waals surface area contributed by atoms with E-state index in [-0.39, 0.29) is 0 Å². The Bertz CT molecular complexity index is 271. The summed E-state index contributed by atoms with van der Waals surface area (Å²) in [5.41, 5.74) is 0. The molecule has 0 aromatic carbocycles. The number of aliphatic carboxylic acids is 2. The SMILES string of the molecule is O=C([O-])C(=O)[O-].SCC[NH+](CCS)CCS.SCC[NH+](CCS)CCS. The van der Waals surface area contributed by atoms with Crippen LogP contribution < -0.4 is 20.0 Å². The highest BCUT2D eigenvalue weighted by molar-refractivity contribution is 7.81. The molecule has 0 radical (unpaired) electrons. The van der Waals surface area contributed by atoms with Gasteiger partial charge in [0.15, 0.2) is 0 Å². The van der Waals surface area contributed by atoms with Crippen LogP contribution in [0.15, 0.2) is 0 Å². The Labute approximate surface area is 190 Å². The average Bonchev–Trinajstić information content (AvgIpc) is 2.57. The lowest BCUT2D eigenvalue weighted by Crippen LogP contribution is -3.13. The van der Waals surface area contributed by atoms with Crippen molar-refractivity contribution in [1.82, 2.24) is 0 Å². The van der Waals surface area contributed by atoms with E-state index in [0.29, 0.717) is 0 Å². The van der Waals surface area contributed by atoms with Gasteiger partial charge in [-0.15, -0.1) is 0 Å².